The normalized spacial score (nSPS) is 30.0. The highest BCUT2D eigenvalue weighted by Crippen LogP contribution is 2.62. The van der Waals surface area contributed by atoms with E-state index in [1.54, 1.807) is 0 Å². The summed E-state index contributed by atoms with van der Waals surface area (Å²) in [5.74, 6) is 1.53. The molecule has 0 radical (unpaired) electrons. The average molecular weight is 466 g/mol. The SMILES string of the molecule is CC(C)c1nc(-c2cnc(N)c(OC(F)(F)F)c2)cn1C1[C@H]2CC(N3CCOC[C@@H]3C)C[C@@H]12. The predicted octanol–water partition coefficient (Wildman–Crippen LogP) is 4.22. The van der Waals surface area contributed by atoms with Gasteiger partial charge < -0.3 is 19.8 Å². The van der Waals surface area contributed by atoms with E-state index in [4.69, 9.17) is 15.5 Å². The van der Waals surface area contributed by atoms with Crippen LogP contribution in [-0.2, 0) is 4.74 Å². The number of nitrogen functional groups attached to an aromatic ring is 1. The van der Waals surface area contributed by atoms with Crippen LogP contribution in [0.5, 0.6) is 5.75 Å². The number of nitrogens with two attached hydrogens (primary N) is 1. The number of aromatic nitrogens is 3. The fourth-order valence-corrected chi connectivity index (χ4v) is 5.76. The summed E-state index contributed by atoms with van der Waals surface area (Å²) in [5.41, 5.74) is 6.63. The van der Waals surface area contributed by atoms with Crippen LogP contribution in [0.2, 0.25) is 0 Å². The molecule has 10 heteroatoms. The Kier molecular flexibility index (Phi) is 5.55. The topological polar surface area (TPSA) is 78.4 Å². The van der Waals surface area contributed by atoms with Crippen molar-refractivity contribution in [2.24, 2.45) is 11.8 Å². The molecule has 1 aliphatic heterocycles. The smallest absolute Gasteiger partial charge is 0.402 e. The van der Waals surface area contributed by atoms with E-state index in [0.717, 1.165) is 38.4 Å². The van der Waals surface area contributed by atoms with E-state index in [-0.39, 0.29) is 11.7 Å². The van der Waals surface area contributed by atoms with Crippen LogP contribution in [0.15, 0.2) is 18.5 Å². The molecule has 2 saturated carbocycles. The number of morpholine rings is 1. The number of hydrogen-bond acceptors (Lipinski definition) is 6. The van der Waals surface area contributed by atoms with Crippen molar-refractivity contribution in [1.82, 2.24) is 19.4 Å². The van der Waals surface area contributed by atoms with Crippen molar-refractivity contribution >= 4 is 5.82 Å². The van der Waals surface area contributed by atoms with Crippen molar-refractivity contribution in [2.45, 2.75) is 64.0 Å². The van der Waals surface area contributed by atoms with Gasteiger partial charge >= 0.3 is 6.36 Å². The Hall–Kier alpha value is -2.33. The Bertz CT molecular complexity index is 1010. The molecule has 2 N–H and O–H groups in total. The molecule has 1 saturated heterocycles. The third kappa shape index (κ3) is 4.30. The van der Waals surface area contributed by atoms with E-state index in [1.807, 2.05) is 6.20 Å². The Labute approximate surface area is 191 Å². The summed E-state index contributed by atoms with van der Waals surface area (Å²) >= 11 is 0. The van der Waals surface area contributed by atoms with Gasteiger partial charge in [-0.2, -0.15) is 0 Å². The van der Waals surface area contributed by atoms with Crippen LogP contribution >= 0.6 is 0 Å². The van der Waals surface area contributed by atoms with Crippen LogP contribution in [0.4, 0.5) is 19.0 Å². The molecule has 2 aromatic rings. The number of pyridine rings is 1. The quantitative estimate of drug-likeness (QED) is 0.713. The lowest BCUT2D eigenvalue weighted by atomic mass is 10.1. The molecule has 7 nitrogen and oxygen atoms in total. The van der Waals surface area contributed by atoms with Gasteiger partial charge in [-0.15, -0.1) is 13.2 Å². The number of ether oxygens (including phenoxy) is 2. The van der Waals surface area contributed by atoms with E-state index >= 15 is 0 Å². The first-order chi connectivity index (χ1) is 15.6. The second kappa shape index (κ2) is 8.16. The van der Waals surface area contributed by atoms with Gasteiger partial charge in [-0.05, 0) is 37.7 Å². The highest BCUT2D eigenvalue weighted by Gasteiger charge is 2.58. The second-order valence-electron chi connectivity index (χ2n) is 9.81. The molecule has 3 heterocycles. The zero-order valence-electron chi connectivity index (χ0n) is 19.0. The van der Waals surface area contributed by atoms with Gasteiger partial charge in [0, 0.05) is 48.5 Å². The summed E-state index contributed by atoms with van der Waals surface area (Å²) in [7, 11) is 0. The minimum absolute atomic E-state index is 0.183. The Morgan fingerprint density at radius 1 is 1.24 bits per heavy atom. The summed E-state index contributed by atoms with van der Waals surface area (Å²) in [6, 6.07) is 2.71. The van der Waals surface area contributed by atoms with E-state index < -0.39 is 12.1 Å². The summed E-state index contributed by atoms with van der Waals surface area (Å²) in [6.45, 7) is 8.99. The van der Waals surface area contributed by atoms with Gasteiger partial charge in [0.05, 0.1) is 18.9 Å². The zero-order chi connectivity index (χ0) is 23.5. The first-order valence-corrected chi connectivity index (χ1v) is 11.6. The molecule has 0 aromatic carbocycles. The van der Waals surface area contributed by atoms with Crippen molar-refractivity contribution < 1.29 is 22.6 Å². The molecule has 2 aliphatic carbocycles. The number of nitrogens with zero attached hydrogens (tertiary/aromatic N) is 4. The zero-order valence-corrected chi connectivity index (χ0v) is 19.0. The van der Waals surface area contributed by atoms with Gasteiger partial charge in [-0.3, -0.25) is 4.90 Å². The molecule has 0 bridgehead atoms. The molecule has 2 unspecified atom stereocenters. The molecular weight excluding hydrogens is 435 g/mol. The molecular formula is C23H30F3N5O2. The highest BCUT2D eigenvalue weighted by atomic mass is 19.4. The minimum Gasteiger partial charge on any atom is -0.402 e. The second-order valence-corrected chi connectivity index (χ2v) is 9.81. The van der Waals surface area contributed by atoms with Crippen molar-refractivity contribution in [1.29, 1.82) is 0 Å². The van der Waals surface area contributed by atoms with Crippen LogP contribution < -0.4 is 10.5 Å². The molecule has 5 rings (SSSR count). The van der Waals surface area contributed by atoms with Crippen LogP contribution in [0, 0.1) is 11.8 Å². The summed E-state index contributed by atoms with van der Waals surface area (Å²) in [6.07, 6.45) is 0.889. The van der Waals surface area contributed by atoms with Crippen LogP contribution in [0.1, 0.15) is 51.4 Å². The molecule has 3 aliphatic rings. The van der Waals surface area contributed by atoms with Gasteiger partial charge in [-0.1, -0.05) is 13.8 Å². The number of halogens is 3. The summed E-state index contributed by atoms with van der Waals surface area (Å²) in [5, 5.41) is 0. The number of imidazole rings is 1. The molecule has 3 fully saturated rings. The van der Waals surface area contributed by atoms with Crippen molar-refractivity contribution in [3.05, 3.63) is 24.3 Å². The molecule has 33 heavy (non-hydrogen) atoms. The lowest BCUT2D eigenvalue weighted by Crippen LogP contribution is -2.49. The lowest BCUT2D eigenvalue weighted by Gasteiger charge is -2.38. The number of fused-ring (bicyclic) bond motifs is 1. The van der Waals surface area contributed by atoms with E-state index in [2.05, 4.69) is 40.0 Å². The first-order valence-electron chi connectivity index (χ1n) is 11.6. The molecule has 180 valence electrons. The monoisotopic (exact) mass is 465 g/mol. The third-order valence-electron chi connectivity index (χ3n) is 7.26. The van der Waals surface area contributed by atoms with Crippen LogP contribution in [0.3, 0.4) is 0 Å². The molecule has 0 spiro atoms. The van der Waals surface area contributed by atoms with Gasteiger partial charge in [0.25, 0.3) is 0 Å². The van der Waals surface area contributed by atoms with Gasteiger partial charge in [-0.25, -0.2) is 9.97 Å². The lowest BCUT2D eigenvalue weighted by molar-refractivity contribution is -0.274. The maximum Gasteiger partial charge on any atom is 0.573 e. The third-order valence-corrected chi connectivity index (χ3v) is 7.26. The van der Waals surface area contributed by atoms with Crippen molar-refractivity contribution in [3.63, 3.8) is 0 Å². The van der Waals surface area contributed by atoms with Crippen molar-refractivity contribution in [2.75, 3.05) is 25.5 Å². The molecule has 5 atom stereocenters. The first kappa shape index (κ1) is 22.5. The van der Waals surface area contributed by atoms with E-state index in [0.29, 0.717) is 41.2 Å². The van der Waals surface area contributed by atoms with Crippen LogP contribution in [-0.4, -0.2) is 57.6 Å². The average Bonchev–Trinajstić information content (AvgIpc) is 3.09. The highest BCUT2D eigenvalue weighted by molar-refractivity contribution is 5.64. The number of anilines is 1. The largest absolute Gasteiger partial charge is 0.573 e. The number of hydrogen-bond donors (Lipinski definition) is 1. The maximum absolute atomic E-state index is 12.7. The minimum atomic E-state index is -4.84. The number of alkyl halides is 3. The molecule has 2 aromatic heterocycles. The fraction of sp³-hybridized carbons (Fsp3) is 0.652. The maximum atomic E-state index is 12.7. The fourth-order valence-electron chi connectivity index (χ4n) is 5.76. The van der Waals surface area contributed by atoms with E-state index in [1.165, 1.54) is 12.3 Å². The predicted molar refractivity (Wildman–Crippen MR) is 117 cm³/mol. The standard InChI is InChI=1S/C23H30F3N5O2/c1-12(2)22-29-18(14-6-19(21(27)28-9-14)33-23(24,25)26)10-31(22)20-16-7-15(8-17(16)20)30-4-5-32-11-13(30)3/h6,9-10,12-13,15-17,20H,4-5,7-8,11H2,1-3H3,(H2,27,28)/t13-,15?,16-,17+,20?/m0/s1. The van der Waals surface area contributed by atoms with Crippen LogP contribution in [0.25, 0.3) is 11.3 Å². The van der Waals surface area contributed by atoms with E-state index in [9.17, 15) is 13.2 Å². The van der Waals surface area contributed by atoms with Gasteiger partial charge in [0.15, 0.2) is 11.6 Å². The Morgan fingerprint density at radius 2 is 1.97 bits per heavy atom. The summed E-state index contributed by atoms with van der Waals surface area (Å²) < 4.78 is 50.1. The van der Waals surface area contributed by atoms with Gasteiger partial charge in [0.1, 0.15) is 5.82 Å². The van der Waals surface area contributed by atoms with Crippen molar-refractivity contribution in [3.8, 4) is 17.0 Å². The molecule has 0 amide bonds. The number of rotatable bonds is 5. The Morgan fingerprint density at radius 3 is 2.61 bits per heavy atom. The summed E-state index contributed by atoms with van der Waals surface area (Å²) in [4.78, 5) is 11.3. The Balaban J connectivity index is 1.36. The van der Waals surface area contributed by atoms with Gasteiger partial charge in [0.2, 0.25) is 0 Å².